The van der Waals surface area contributed by atoms with Crippen molar-refractivity contribution in [2.75, 3.05) is 20.3 Å². The molecule has 2 aromatic rings. The van der Waals surface area contributed by atoms with Crippen molar-refractivity contribution in [1.82, 2.24) is 14.9 Å². The Morgan fingerprint density at radius 1 is 1.61 bits per heavy atom. The summed E-state index contributed by atoms with van der Waals surface area (Å²) in [5, 5.41) is 6.62. The second kappa shape index (κ2) is 5.84. The van der Waals surface area contributed by atoms with E-state index >= 15 is 0 Å². The number of amides is 1. The van der Waals surface area contributed by atoms with Crippen molar-refractivity contribution >= 4 is 23.0 Å². The third-order valence-corrected chi connectivity index (χ3v) is 2.78. The molecule has 0 saturated carbocycles. The van der Waals surface area contributed by atoms with Gasteiger partial charge < -0.3 is 10.1 Å². The lowest BCUT2D eigenvalue weighted by Gasteiger charge is -2.09. The molecule has 0 bridgehead atoms. The van der Waals surface area contributed by atoms with Crippen LogP contribution in [0.1, 0.15) is 10.4 Å². The van der Waals surface area contributed by atoms with Crippen LogP contribution in [-0.2, 0) is 4.74 Å². The number of methoxy groups -OCH3 is 1. The number of carbonyl (C=O) groups excluding carboxylic acids is 1. The lowest BCUT2D eigenvalue weighted by molar-refractivity contribution is 0.0951. The number of rotatable bonds is 5. The standard InChI is InChI=1S/C12H14ClN3O2/c1-18-8-9(13)6-14-12(17)10-7-15-16-5-3-2-4-11(10)16/h2-5,7,9H,6,8H2,1H3,(H,14,17). The van der Waals surface area contributed by atoms with E-state index in [0.717, 1.165) is 5.52 Å². The molecule has 0 aliphatic heterocycles. The van der Waals surface area contributed by atoms with Gasteiger partial charge in [-0.05, 0) is 12.1 Å². The Balaban J connectivity index is 2.05. The van der Waals surface area contributed by atoms with E-state index in [0.29, 0.717) is 18.7 Å². The minimum Gasteiger partial charge on any atom is -0.383 e. The highest BCUT2D eigenvalue weighted by Crippen LogP contribution is 2.09. The summed E-state index contributed by atoms with van der Waals surface area (Å²) in [5.41, 5.74) is 1.31. The van der Waals surface area contributed by atoms with Gasteiger partial charge in [0.25, 0.3) is 5.91 Å². The first-order valence-corrected chi connectivity index (χ1v) is 5.99. The largest absolute Gasteiger partial charge is 0.383 e. The van der Waals surface area contributed by atoms with Gasteiger partial charge in [-0.3, -0.25) is 4.79 Å². The number of aromatic nitrogens is 2. The first-order chi connectivity index (χ1) is 8.72. The van der Waals surface area contributed by atoms with Gasteiger partial charge in [0.05, 0.1) is 29.3 Å². The molecule has 18 heavy (non-hydrogen) atoms. The maximum absolute atomic E-state index is 12.0. The van der Waals surface area contributed by atoms with Crippen molar-refractivity contribution in [3.05, 3.63) is 36.2 Å². The summed E-state index contributed by atoms with van der Waals surface area (Å²) in [6, 6.07) is 5.56. The molecule has 1 amide bonds. The van der Waals surface area contributed by atoms with E-state index in [1.807, 2.05) is 18.2 Å². The zero-order valence-corrected chi connectivity index (χ0v) is 10.7. The van der Waals surface area contributed by atoms with E-state index in [9.17, 15) is 4.79 Å². The second-order valence-corrected chi connectivity index (χ2v) is 4.47. The molecule has 1 atom stereocenters. The molecular weight excluding hydrogens is 254 g/mol. The Morgan fingerprint density at radius 2 is 2.44 bits per heavy atom. The van der Waals surface area contributed by atoms with Crippen molar-refractivity contribution < 1.29 is 9.53 Å². The minimum absolute atomic E-state index is 0.182. The van der Waals surface area contributed by atoms with Crippen LogP contribution in [0.25, 0.3) is 5.52 Å². The number of hydrogen-bond acceptors (Lipinski definition) is 3. The number of halogens is 1. The molecule has 0 saturated heterocycles. The molecule has 2 rings (SSSR count). The number of pyridine rings is 1. The Hall–Kier alpha value is -1.59. The van der Waals surface area contributed by atoms with Gasteiger partial charge >= 0.3 is 0 Å². The molecular formula is C12H14ClN3O2. The van der Waals surface area contributed by atoms with Gasteiger partial charge in [-0.2, -0.15) is 5.10 Å². The molecule has 0 aromatic carbocycles. The van der Waals surface area contributed by atoms with Crippen LogP contribution in [0.4, 0.5) is 0 Å². The molecule has 0 fully saturated rings. The number of hydrogen-bond donors (Lipinski definition) is 1. The molecule has 0 spiro atoms. The average Bonchev–Trinajstić information content (AvgIpc) is 2.80. The average molecular weight is 268 g/mol. The summed E-state index contributed by atoms with van der Waals surface area (Å²) in [5.74, 6) is -0.182. The van der Waals surface area contributed by atoms with E-state index < -0.39 is 0 Å². The minimum atomic E-state index is -0.235. The molecule has 2 aromatic heterocycles. The summed E-state index contributed by atoms with van der Waals surface area (Å²) in [6.45, 7) is 0.759. The second-order valence-electron chi connectivity index (χ2n) is 3.85. The summed E-state index contributed by atoms with van der Waals surface area (Å²) < 4.78 is 6.55. The van der Waals surface area contributed by atoms with Gasteiger partial charge in [0.2, 0.25) is 0 Å². The quantitative estimate of drug-likeness (QED) is 0.832. The SMILES string of the molecule is COCC(Cl)CNC(=O)c1cnn2ccccc12. The zero-order chi connectivity index (χ0) is 13.0. The molecule has 2 heterocycles. The van der Waals surface area contributed by atoms with Crippen LogP contribution in [0.5, 0.6) is 0 Å². The fourth-order valence-corrected chi connectivity index (χ4v) is 1.85. The molecule has 0 aliphatic carbocycles. The molecule has 0 radical (unpaired) electrons. The maximum atomic E-state index is 12.0. The van der Waals surface area contributed by atoms with Gasteiger partial charge in [0.1, 0.15) is 0 Å². The topological polar surface area (TPSA) is 55.6 Å². The van der Waals surface area contributed by atoms with Crippen LogP contribution in [0.3, 0.4) is 0 Å². The number of nitrogens with one attached hydrogen (secondary N) is 1. The van der Waals surface area contributed by atoms with Gasteiger partial charge in [0, 0.05) is 19.9 Å². The Bertz CT molecular complexity index is 541. The van der Waals surface area contributed by atoms with E-state index in [1.165, 1.54) is 0 Å². The number of carbonyl (C=O) groups is 1. The Kier molecular flexibility index (Phi) is 4.17. The predicted molar refractivity (Wildman–Crippen MR) is 69.0 cm³/mol. The highest BCUT2D eigenvalue weighted by Gasteiger charge is 2.13. The number of ether oxygens (including phenoxy) is 1. The smallest absolute Gasteiger partial charge is 0.255 e. The zero-order valence-electron chi connectivity index (χ0n) is 9.97. The van der Waals surface area contributed by atoms with Crippen LogP contribution in [0, 0.1) is 0 Å². The molecule has 6 heteroatoms. The van der Waals surface area contributed by atoms with Crippen LogP contribution in [0.15, 0.2) is 30.6 Å². The highest BCUT2D eigenvalue weighted by atomic mass is 35.5. The van der Waals surface area contributed by atoms with Crippen LogP contribution in [0.2, 0.25) is 0 Å². The number of alkyl halides is 1. The molecule has 96 valence electrons. The third kappa shape index (κ3) is 2.80. The molecule has 0 aliphatic rings. The molecule has 1 unspecified atom stereocenters. The van der Waals surface area contributed by atoms with Crippen molar-refractivity contribution in [3.63, 3.8) is 0 Å². The van der Waals surface area contributed by atoms with Crippen molar-refractivity contribution in [2.45, 2.75) is 5.38 Å². The highest BCUT2D eigenvalue weighted by molar-refractivity contribution is 6.21. The monoisotopic (exact) mass is 267 g/mol. The number of nitrogens with zero attached hydrogens (tertiary/aromatic N) is 2. The van der Waals surface area contributed by atoms with Crippen LogP contribution in [-0.4, -0.2) is 41.2 Å². The van der Waals surface area contributed by atoms with Crippen LogP contribution < -0.4 is 5.32 Å². The Labute approximate surface area is 110 Å². The van der Waals surface area contributed by atoms with Crippen LogP contribution >= 0.6 is 11.6 Å². The number of fused-ring (bicyclic) bond motifs is 1. The van der Waals surface area contributed by atoms with Gasteiger partial charge in [0.15, 0.2) is 0 Å². The lowest BCUT2D eigenvalue weighted by Crippen LogP contribution is -2.31. The molecule has 5 nitrogen and oxygen atoms in total. The third-order valence-electron chi connectivity index (χ3n) is 2.50. The maximum Gasteiger partial charge on any atom is 0.255 e. The van der Waals surface area contributed by atoms with E-state index in [1.54, 1.807) is 24.0 Å². The lowest BCUT2D eigenvalue weighted by atomic mass is 10.2. The van der Waals surface area contributed by atoms with Crippen molar-refractivity contribution in [1.29, 1.82) is 0 Å². The summed E-state index contributed by atoms with van der Waals surface area (Å²) >= 11 is 5.94. The van der Waals surface area contributed by atoms with Gasteiger partial charge in [-0.25, -0.2) is 4.52 Å². The van der Waals surface area contributed by atoms with E-state index in [-0.39, 0.29) is 11.3 Å². The van der Waals surface area contributed by atoms with E-state index in [4.69, 9.17) is 16.3 Å². The van der Waals surface area contributed by atoms with Crippen molar-refractivity contribution in [2.24, 2.45) is 0 Å². The first-order valence-electron chi connectivity index (χ1n) is 5.56. The van der Waals surface area contributed by atoms with Crippen molar-refractivity contribution in [3.8, 4) is 0 Å². The normalized spacial score (nSPS) is 12.6. The summed E-state index contributed by atoms with van der Waals surface area (Å²) in [7, 11) is 1.57. The molecule has 1 N–H and O–H groups in total. The fourth-order valence-electron chi connectivity index (χ4n) is 1.65. The van der Waals surface area contributed by atoms with Gasteiger partial charge in [-0.1, -0.05) is 6.07 Å². The fraction of sp³-hybridized carbons (Fsp3) is 0.333. The van der Waals surface area contributed by atoms with E-state index in [2.05, 4.69) is 10.4 Å². The Morgan fingerprint density at radius 3 is 3.22 bits per heavy atom. The van der Waals surface area contributed by atoms with Gasteiger partial charge in [-0.15, -0.1) is 11.6 Å². The summed E-state index contributed by atoms with van der Waals surface area (Å²) in [4.78, 5) is 12.0. The first kappa shape index (κ1) is 12.9. The predicted octanol–water partition coefficient (Wildman–Crippen LogP) is 1.32. The summed E-state index contributed by atoms with van der Waals surface area (Å²) in [6.07, 6.45) is 3.34.